The Morgan fingerprint density at radius 1 is 1.21 bits per heavy atom. The molecule has 2 aromatic rings. The Bertz CT molecular complexity index is 824. The predicted molar refractivity (Wildman–Crippen MR) is 110 cm³/mol. The van der Waals surface area contributed by atoms with Crippen LogP contribution in [0.1, 0.15) is 31.2 Å². The molecule has 1 heterocycles. The van der Waals surface area contributed by atoms with Gasteiger partial charge in [0.15, 0.2) is 0 Å². The highest BCUT2D eigenvalue weighted by Crippen LogP contribution is 2.50. The van der Waals surface area contributed by atoms with Crippen molar-refractivity contribution < 1.29 is 9.59 Å². The van der Waals surface area contributed by atoms with Gasteiger partial charge in [-0.1, -0.05) is 12.1 Å². The van der Waals surface area contributed by atoms with Gasteiger partial charge in [0.25, 0.3) is 7.41 Å². The first kappa shape index (κ1) is 18.9. The van der Waals surface area contributed by atoms with Crippen LogP contribution in [0, 0.1) is 24.7 Å². The number of anilines is 1. The van der Waals surface area contributed by atoms with Crippen molar-refractivity contribution in [2.24, 2.45) is 24.8 Å². The Morgan fingerprint density at radius 2 is 1.86 bits per heavy atom. The van der Waals surface area contributed by atoms with Crippen LogP contribution in [0.3, 0.4) is 0 Å². The fraction of sp³-hybridized carbons (Fsp3) is 0.476. The maximum atomic E-state index is 13.0. The van der Waals surface area contributed by atoms with E-state index in [1.54, 1.807) is 0 Å². The minimum absolute atomic E-state index is 0.0636. The van der Waals surface area contributed by atoms with E-state index < -0.39 is 0 Å². The van der Waals surface area contributed by atoms with E-state index in [4.69, 9.17) is 0 Å². The van der Waals surface area contributed by atoms with Crippen molar-refractivity contribution in [3.8, 4) is 11.3 Å². The molecule has 6 nitrogen and oxygen atoms in total. The standard InChI is InChI=1S/C21H26BN4O2/c1-13-11-23-26(2)20(13)16-7-9-17(10-8-16)24-21(28)19(25-22-12-27)18(14-3-4-14)15-5-6-15/h7-12,14-15,18-19,25H,3-6H2,1-2H3,(H,24,28)/t19-/m0/s1. The van der Waals surface area contributed by atoms with Crippen LogP contribution in [0.25, 0.3) is 11.3 Å². The Hall–Kier alpha value is -2.41. The number of carbonyl (C=O) groups is 2. The molecule has 2 N–H and O–H groups in total. The molecule has 2 aliphatic rings. The lowest BCUT2D eigenvalue weighted by atomic mass is 9.84. The zero-order valence-electron chi connectivity index (χ0n) is 16.4. The summed E-state index contributed by atoms with van der Waals surface area (Å²) in [5.41, 5.74) is 4.01. The second kappa shape index (κ2) is 7.91. The van der Waals surface area contributed by atoms with Crippen LogP contribution in [-0.4, -0.2) is 35.3 Å². The normalized spacial score (nSPS) is 17.4. The average Bonchev–Trinajstić information content (AvgIpc) is 3.60. The first-order valence-electron chi connectivity index (χ1n) is 10.0. The quantitative estimate of drug-likeness (QED) is 0.520. The van der Waals surface area contributed by atoms with Gasteiger partial charge in [0, 0.05) is 18.3 Å². The van der Waals surface area contributed by atoms with Gasteiger partial charge >= 0.3 is 0 Å². The number of hydrogen-bond donors (Lipinski definition) is 2. The van der Waals surface area contributed by atoms with E-state index >= 15 is 0 Å². The molecule has 145 valence electrons. The third-order valence-corrected chi connectivity index (χ3v) is 5.89. The summed E-state index contributed by atoms with van der Waals surface area (Å²) in [4.78, 5) is 23.9. The fourth-order valence-electron chi connectivity index (χ4n) is 4.29. The molecule has 2 fully saturated rings. The summed E-state index contributed by atoms with van der Waals surface area (Å²) >= 11 is 0. The van der Waals surface area contributed by atoms with Crippen molar-refractivity contribution >= 4 is 25.2 Å². The van der Waals surface area contributed by atoms with Crippen LogP contribution in [-0.2, 0) is 16.6 Å². The number of nitrogens with zero attached hydrogens (tertiary/aromatic N) is 2. The topological polar surface area (TPSA) is 76.0 Å². The monoisotopic (exact) mass is 377 g/mol. The average molecular weight is 377 g/mol. The van der Waals surface area contributed by atoms with E-state index in [0.29, 0.717) is 23.9 Å². The highest BCUT2D eigenvalue weighted by molar-refractivity contribution is 6.64. The molecule has 1 amide bonds. The van der Waals surface area contributed by atoms with Gasteiger partial charge in [0.1, 0.15) is 0 Å². The molecule has 4 rings (SSSR count). The Balaban J connectivity index is 1.48. The molecule has 0 unspecified atom stereocenters. The number of amides is 1. The highest BCUT2D eigenvalue weighted by atomic mass is 16.2. The molecule has 0 saturated heterocycles. The summed E-state index contributed by atoms with van der Waals surface area (Å²) in [5, 5.41) is 10.4. The number of benzene rings is 1. The van der Waals surface area contributed by atoms with Crippen LogP contribution in [0.2, 0.25) is 0 Å². The van der Waals surface area contributed by atoms with Crippen molar-refractivity contribution in [3.05, 3.63) is 36.0 Å². The van der Waals surface area contributed by atoms with Crippen molar-refractivity contribution in [1.29, 1.82) is 0 Å². The minimum Gasteiger partial charge on any atom is -0.343 e. The molecule has 0 aliphatic heterocycles. The summed E-state index contributed by atoms with van der Waals surface area (Å²) in [7, 11) is 3.28. The van der Waals surface area contributed by atoms with Gasteiger partial charge in [-0.15, -0.1) is 0 Å². The number of aromatic nitrogens is 2. The van der Waals surface area contributed by atoms with Gasteiger partial charge in [-0.25, -0.2) is 0 Å². The molecule has 2 aliphatic carbocycles. The summed E-state index contributed by atoms with van der Waals surface area (Å²) in [6.45, 7) is 2.04. The number of nitrogens with one attached hydrogen (secondary N) is 2. The van der Waals surface area contributed by atoms with Crippen molar-refractivity contribution in [2.75, 3.05) is 5.32 Å². The van der Waals surface area contributed by atoms with Crippen LogP contribution in [0.5, 0.6) is 0 Å². The number of rotatable bonds is 9. The van der Waals surface area contributed by atoms with E-state index in [1.165, 1.54) is 33.1 Å². The molecular formula is C21H26BN4O2. The molecule has 0 bridgehead atoms. The maximum Gasteiger partial charge on any atom is 0.291 e. The zero-order chi connectivity index (χ0) is 19.7. The molecular weight excluding hydrogens is 351 g/mol. The molecule has 0 spiro atoms. The second-order valence-corrected chi connectivity index (χ2v) is 8.07. The van der Waals surface area contributed by atoms with E-state index in [1.807, 2.05) is 49.1 Å². The third-order valence-electron chi connectivity index (χ3n) is 5.89. The maximum absolute atomic E-state index is 13.0. The SMILES string of the molecule is Cc1cnn(C)c1-c1ccc(NC(=O)[C@@H](N[B]C=O)C(C2CC2)C2CC2)cc1. The summed E-state index contributed by atoms with van der Waals surface area (Å²) in [5.74, 6) is 1.45. The Morgan fingerprint density at radius 3 is 2.36 bits per heavy atom. The van der Waals surface area contributed by atoms with Crippen LogP contribution in [0.4, 0.5) is 5.69 Å². The largest absolute Gasteiger partial charge is 0.343 e. The van der Waals surface area contributed by atoms with E-state index in [9.17, 15) is 9.59 Å². The van der Waals surface area contributed by atoms with Gasteiger partial charge in [-0.05, 0) is 68.1 Å². The molecule has 7 heteroatoms. The van der Waals surface area contributed by atoms with Gasteiger partial charge in [0.05, 0.1) is 24.1 Å². The predicted octanol–water partition coefficient (Wildman–Crippen LogP) is 2.54. The number of aryl methyl sites for hydroxylation is 2. The summed E-state index contributed by atoms with van der Waals surface area (Å²) in [6, 6.07) is 7.48. The fourth-order valence-corrected chi connectivity index (χ4v) is 4.29. The van der Waals surface area contributed by atoms with Crippen molar-refractivity contribution in [3.63, 3.8) is 0 Å². The Labute approximate surface area is 166 Å². The van der Waals surface area contributed by atoms with Crippen LogP contribution >= 0.6 is 0 Å². The second-order valence-electron chi connectivity index (χ2n) is 8.07. The van der Waals surface area contributed by atoms with Gasteiger partial charge < -0.3 is 15.3 Å². The highest BCUT2D eigenvalue weighted by Gasteiger charge is 2.47. The minimum atomic E-state index is -0.357. The Kier molecular flexibility index (Phi) is 5.35. The molecule has 2 saturated carbocycles. The molecule has 1 radical (unpaired) electrons. The molecule has 28 heavy (non-hydrogen) atoms. The first-order chi connectivity index (χ1) is 13.6. The van der Waals surface area contributed by atoms with Gasteiger partial charge in [-0.2, -0.15) is 5.10 Å². The first-order valence-corrected chi connectivity index (χ1v) is 10.0. The summed E-state index contributed by atoms with van der Waals surface area (Å²) in [6.07, 6.45) is 7.31. The third kappa shape index (κ3) is 4.04. The number of hydrogen-bond acceptors (Lipinski definition) is 4. The zero-order valence-corrected chi connectivity index (χ0v) is 16.4. The van der Waals surface area contributed by atoms with Crippen LogP contribution < -0.4 is 10.5 Å². The number of carbonyl (C=O) groups excluding carboxylic acids is 2. The molecule has 1 aromatic carbocycles. The van der Waals surface area contributed by atoms with Gasteiger partial charge in [-0.3, -0.25) is 9.48 Å². The lowest BCUT2D eigenvalue weighted by Gasteiger charge is -2.27. The molecule has 1 aromatic heterocycles. The van der Waals surface area contributed by atoms with Crippen molar-refractivity contribution in [2.45, 2.75) is 38.6 Å². The molecule has 1 atom stereocenters. The van der Waals surface area contributed by atoms with E-state index in [-0.39, 0.29) is 11.9 Å². The lowest BCUT2D eigenvalue weighted by Crippen LogP contribution is -2.49. The van der Waals surface area contributed by atoms with Crippen molar-refractivity contribution in [1.82, 2.24) is 15.0 Å². The van der Waals surface area contributed by atoms with Crippen LogP contribution in [0.15, 0.2) is 30.5 Å². The van der Waals surface area contributed by atoms with Gasteiger partial charge in [0.2, 0.25) is 5.91 Å². The smallest absolute Gasteiger partial charge is 0.291 e. The lowest BCUT2D eigenvalue weighted by molar-refractivity contribution is -0.119. The van der Waals surface area contributed by atoms with E-state index in [2.05, 4.69) is 15.6 Å². The summed E-state index contributed by atoms with van der Waals surface area (Å²) < 4.78 is 1.86. The van der Waals surface area contributed by atoms with E-state index in [0.717, 1.165) is 22.5 Å².